The summed E-state index contributed by atoms with van der Waals surface area (Å²) in [5, 5.41) is 0. The minimum absolute atomic E-state index is 0.260. The number of morpholine rings is 1. The first-order chi connectivity index (χ1) is 11.5. The lowest BCUT2D eigenvalue weighted by Gasteiger charge is -2.45. The van der Waals surface area contributed by atoms with Crippen LogP contribution in [0.15, 0.2) is 24.3 Å². The van der Waals surface area contributed by atoms with Crippen LogP contribution >= 0.6 is 0 Å². The van der Waals surface area contributed by atoms with E-state index in [-0.39, 0.29) is 16.9 Å². The number of rotatable bonds is 3. The molecule has 1 aliphatic heterocycles. The predicted molar refractivity (Wildman–Crippen MR) is 94.4 cm³/mol. The Bertz CT molecular complexity index is 573. The number of carbonyl (C=O) groups excluding carboxylic acids is 1. The second-order valence-corrected chi connectivity index (χ2v) is 7.71. The zero-order chi connectivity index (χ0) is 17.2. The Morgan fingerprint density at radius 2 is 1.79 bits per heavy atom. The molecule has 1 amide bonds. The maximum Gasteiger partial charge on any atom is 0.233 e. The highest BCUT2D eigenvalue weighted by Gasteiger charge is 2.45. The van der Waals surface area contributed by atoms with Crippen molar-refractivity contribution in [2.45, 2.75) is 57.0 Å². The number of carbonyl (C=O) groups is 1. The zero-order valence-corrected chi connectivity index (χ0v) is 15.1. The lowest BCUT2D eigenvalue weighted by Crippen LogP contribution is -2.56. The number of hydrogen-bond acceptors (Lipinski definition) is 3. The Kier molecular flexibility index (Phi) is 4.86. The summed E-state index contributed by atoms with van der Waals surface area (Å²) in [4.78, 5) is 15.6. The molecule has 24 heavy (non-hydrogen) atoms. The van der Waals surface area contributed by atoms with Crippen molar-refractivity contribution in [3.8, 4) is 5.75 Å². The smallest absolute Gasteiger partial charge is 0.233 e. The number of amides is 1. The van der Waals surface area contributed by atoms with Crippen LogP contribution in [0.1, 0.15) is 51.5 Å². The predicted octanol–water partition coefficient (Wildman–Crippen LogP) is 3.53. The molecule has 1 saturated carbocycles. The standard InChI is InChI=1S/C20H29NO3/c1-19(2)15-21(13-14-24-19)18(22)20(11-5-4-6-12-20)16-7-9-17(23-3)10-8-16/h7-10H,4-6,11-15H2,1-3H3. The molecule has 0 unspecified atom stereocenters. The second kappa shape index (κ2) is 6.75. The second-order valence-electron chi connectivity index (χ2n) is 7.71. The van der Waals surface area contributed by atoms with E-state index in [9.17, 15) is 4.79 Å². The molecule has 0 spiro atoms. The average molecular weight is 331 g/mol. The van der Waals surface area contributed by atoms with Crippen molar-refractivity contribution in [2.75, 3.05) is 26.8 Å². The van der Waals surface area contributed by atoms with Crippen LogP contribution in [0.5, 0.6) is 5.75 Å². The van der Waals surface area contributed by atoms with E-state index in [1.165, 1.54) is 6.42 Å². The van der Waals surface area contributed by atoms with Crippen molar-refractivity contribution in [3.63, 3.8) is 0 Å². The number of benzene rings is 1. The average Bonchev–Trinajstić information content (AvgIpc) is 2.61. The quantitative estimate of drug-likeness (QED) is 0.850. The molecule has 2 aliphatic rings. The van der Waals surface area contributed by atoms with Gasteiger partial charge in [0.2, 0.25) is 5.91 Å². The Labute approximate surface area is 145 Å². The molecule has 4 heteroatoms. The van der Waals surface area contributed by atoms with E-state index < -0.39 is 0 Å². The van der Waals surface area contributed by atoms with Gasteiger partial charge < -0.3 is 14.4 Å². The molecule has 132 valence electrons. The molecule has 0 N–H and O–H groups in total. The van der Waals surface area contributed by atoms with Crippen LogP contribution in [0.2, 0.25) is 0 Å². The number of ether oxygens (including phenoxy) is 2. The fraction of sp³-hybridized carbons (Fsp3) is 0.650. The van der Waals surface area contributed by atoms with Gasteiger partial charge in [-0.2, -0.15) is 0 Å². The van der Waals surface area contributed by atoms with E-state index >= 15 is 0 Å². The van der Waals surface area contributed by atoms with E-state index in [0.29, 0.717) is 19.7 Å². The molecule has 0 atom stereocenters. The van der Waals surface area contributed by atoms with Crippen molar-refractivity contribution >= 4 is 5.91 Å². The third-order valence-corrected chi connectivity index (χ3v) is 5.47. The maximum atomic E-state index is 13.6. The molecule has 4 nitrogen and oxygen atoms in total. The van der Waals surface area contributed by atoms with Crippen LogP contribution in [0.3, 0.4) is 0 Å². The van der Waals surface area contributed by atoms with E-state index in [0.717, 1.165) is 37.0 Å². The van der Waals surface area contributed by atoms with Gasteiger partial charge in [-0.1, -0.05) is 31.4 Å². The Morgan fingerprint density at radius 3 is 2.38 bits per heavy atom. The van der Waals surface area contributed by atoms with Gasteiger partial charge in [-0.15, -0.1) is 0 Å². The summed E-state index contributed by atoms with van der Waals surface area (Å²) < 4.78 is 11.1. The van der Waals surface area contributed by atoms with Crippen molar-refractivity contribution in [1.29, 1.82) is 0 Å². The topological polar surface area (TPSA) is 38.8 Å². The summed E-state index contributed by atoms with van der Waals surface area (Å²) in [6.07, 6.45) is 5.34. The molecule has 1 heterocycles. The molecule has 3 rings (SSSR count). The third-order valence-electron chi connectivity index (χ3n) is 5.47. The number of nitrogens with zero attached hydrogens (tertiary/aromatic N) is 1. The fourth-order valence-corrected chi connectivity index (χ4v) is 4.18. The van der Waals surface area contributed by atoms with Gasteiger partial charge >= 0.3 is 0 Å². The van der Waals surface area contributed by atoms with Gasteiger partial charge in [-0.25, -0.2) is 0 Å². The summed E-state index contributed by atoms with van der Waals surface area (Å²) in [5.41, 5.74) is 0.499. The van der Waals surface area contributed by atoms with Gasteiger partial charge in [0.05, 0.1) is 24.7 Å². The van der Waals surface area contributed by atoms with Crippen LogP contribution in [-0.2, 0) is 14.9 Å². The highest BCUT2D eigenvalue weighted by Crippen LogP contribution is 2.42. The first kappa shape index (κ1) is 17.3. The normalized spacial score (nSPS) is 22.9. The highest BCUT2D eigenvalue weighted by molar-refractivity contribution is 5.88. The van der Waals surface area contributed by atoms with Crippen LogP contribution < -0.4 is 4.74 Å². The lowest BCUT2D eigenvalue weighted by molar-refractivity contribution is -0.153. The summed E-state index contributed by atoms with van der Waals surface area (Å²) in [6, 6.07) is 8.10. The SMILES string of the molecule is COc1ccc(C2(C(=O)N3CCOC(C)(C)C3)CCCCC2)cc1. The first-order valence-corrected chi connectivity index (χ1v) is 9.05. The Morgan fingerprint density at radius 1 is 1.12 bits per heavy atom. The highest BCUT2D eigenvalue weighted by atomic mass is 16.5. The van der Waals surface area contributed by atoms with Crippen LogP contribution in [-0.4, -0.2) is 43.2 Å². The molecule has 1 aliphatic carbocycles. The maximum absolute atomic E-state index is 13.6. The van der Waals surface area contributed by atoms with Gasteiger partial charge in [0, 0.05) is 13.1 Å². The monoisotopic (exact) mass is 331 g/mol. The summed E-state index contributed by atoms with van der Waals surface area (Å²) in [7, 11) is 1.67. The zero-order valence-electron chi connectivity index (χ0n) is 15.1. The molecule has 0 aromatic heterocycles. The Hall–Kier alpha value is -1.55. The van der Waals surface area contributed by atoms with E-state index in [2.05, 4.69) is 26.0 Å². The number of hydrogen-bond donors (Lipinski definition) is 0. The molecule has 0 bridgehead atoms. The molecule has 1 saturated heterocycles. The van der Waals surface area contributed by atoms with Gasteiger partial charge in [0.15, 0.2) is 0 Å². The summed E-state index contributed by atoms with van der Waals surface area (Å²) in [5.74, 6) is 1.12. The third kappa shape index (κ3) is 3.30. The van der Waals surface area contributed by atoms with Crippen molar-refractivity contribution < 1.29 is 14.3 Å². The molecule has 0 radical (unpaired) electrons. The molecule has 1 aromatic carbocycles. The Balaban J connectivity index is 1.91. The van der Waals surface area contributed by atoms with Crippen LogP contribution in [0.25, 0.3) is 0 Å². The first-order valence-electron chi connectivity index (χ1n) is 9.05. The number of methoxy groups -OCH3 is 1. The van der Waals surface area contributed by atoms with Gasteiger partial charge in [0.25, 0.3) is 0 Å². The lowest BCUT2D eigenvalue weighted by atomic mass is 9.68. The van der Waals surface area contributed by atoms with Gasteiger partial charge in [-0.3, -0.25) is 4.79 Å². The summed E-state index contributed by atoms with van der Waals surface area (Å²) in [6.45, 7) is 6.11. The van der Waals surface area contributed by atoms with E-state index in [4.69, 9.17) is 9.47 Å². The minimum Gasteiger partial charge on any atom is -0.497 e. The van der Waals surface area contributed by atoms with Crippen molar-refractivity contribution in [2.24, 2.45) is 0 Å². The van der Waals surface area contributed by atoms with E-state index in [1.807, 2.05) is 17.0 Å². The van der Waals surface area contributed by atoms with Crippen LogP contribution in [0, 0.1) is 0 Å². The van der Waals surface area contributed by atoms with E-state index in [1.54, 1.807) is 7.11 Å². The van der Waals surface area contributed by atoms with Crippen molar-refractivity contribution in [3.05, 3.63) is 29.8 Å². The molecular weight excluding hydrogens is 302 g/mol. The van der Waals surface area contributed by atoms with Gasteiger partial charge in [-0.05, 0) is 44.4 Å². The molecule has 1 aromatic rings. The van der Waals surface area contributed by atoms with Crippen molar-refractivity contribution in [1.82, 2.24) is 4.90 Å². The summed E-state index contributed by atoms with van der Waals surface area (Å²) >= 11 is 0. The fourth-order valence-electron chi connectivity index (χ4n) is 4.18. The van der Waals surface area contributed by atoms with Gasteiger partial charge in [0.1, 0.15) is 5.75 Å². The molecule has 2 fully saturated rings. The van der Waals surface area contributed by atoms with Crippen LogP contribution in [0.4, 0.5) is 0 Å². The molecular formula is C20H29NO3. The largest absolute Gasteiger partial charge is 0.497 e. The minimum atomic E-state index is -0.377.